The molecule has 20 heavy (non-hydrogen) atoms. The quantitative estimate of drug-likeness (QED) is 0.842. The van der Waals surface area contributed by atoms with E-state index in [1.165, 1.54) is 4.31 Å². The van der Waals surface area contributed by atoms with Gasteiger partial charge in [-0.3, -0.25) is 0 Å². The Hall–Kier alpha value is -0.910. The molecule has 1 aromatic rings. The third kappa shape index (κ3) is 4.04. The molecule has 1 N–H and O–H groups in total. The fourth-order valence-corrected chi connectivity index (χ4v) is 3.29. The second-order valence-electron chi connectivity index (χ2n) is 5.36. The van der Waals surface area contributed by atoms with Crippen molar-refractivity contribution in [1.29, 1.82) is 0 Å². The summed E-state index contributed by atoms with van der Waals surface area (Å²) >= 11 is 0. The van der Waals surface area contributed by atoms with Crippen molar-refractivity contribution in [1.82, 2.24) is 9.62 Å². The molecule has 0 bridgehead atoms. The van der Waals surface area contributed by atoms with E-state index in [2.05, 4.69) is 12.2 Å². The molecule has 0 aliphatic heterocycles. The molecule has 114 valence electrons. The zero-order valence-electron chi connectivity index (χ0n) is 13.1. The van der Waals surface area contributed by atoms with Gasteiger partial charge in [-0.05, 0) is 51.4 Å². The molecule has 0 heterocycles. The maximum atomic E-state index is 12.5. The lowest BCUT2D eigenvalue weighted by Gasteiger charge is -2.22. The van der Waals surface area contributed by atoms with E-state index >= 15 is 0 Å². The molecule has 4 nitrogen and oxygen atoms in total. The van der Waals surface area contributed by atoms with Crippen LogP contribution in [0.3, 0.4) is 0 Å². The smallest absolute Gasteiger partial charge is 0.243 e. The van der Waals surface area contributed by atoms with Crippen LogP contribution in [0.25, 0.3) is 0 Å². The summed E-state index contributed by atoms with van der Waals surface area (Å²) in [5, 5.41) is 3.37. The predicted molar refractivity (Wildman–Crippen MR) is 83.2 cm³/mol. The van der Waals surface area contributed by atoms with Crippen LogP contribution in [-0.4, -0.2) is 32.4 Å². The number of hydrogen-bond donors (Lipinski definition) is 1. The van der Waals surface area contributed by atoms with Crippen molar-refractivity contribution in [2.45, 2.75) is 51.1 Å². The van der Waals surface area contributed by atoms with Crippen molar-refractivity contribution in [3.63, 3.8) is 0 Å². The van der Waals surface area contributed by atoms with Gasteiger partial charge in [0, 0.05) is 19.1 Å². The first kappa shape index (κ1) is 17.1. The summed E-state index contributed by atoms with van der Waals surface area (Å²) in [6.45, 7) is 8.81. The maximum absolute atomic E-state index is 12.5. The molecule has 5 heteroatoms. The molecule has 0 saturated heterocycles. The molecular weight excluding hydrogens is 272 g/mol. The summed E-state index contributed by atoms with van der Waals surface area (Å²) in [4.78, 5) is 0.358. The minimum absolute atomic E-state index is 0.0562. The third-order valence-electron chi connectivity index (χ3n) is 3.46. The van der Waals surface area contributed by atoms with E-state index in [-0.39, 0.29) is 12.1 Å². The number of rotatable bonds is 7. The molecule has 0 radical (unpaired) electrons. The molecule has 0 aliphatic carbocycles. The second-order valence-corrected chi connectivity index (χ2v) is 7.36. The maximum Gasteiger partial charge on any atom is 0.243 e. The van der Waals surface area contributed by atoms with Gasteiger partial charge in [0.25, 0.3) is 0 Å². The van der Waals surface area contributed by atoms with Crippen molar-refractivity contribution >= 4 is 10.0 Å². The van der Waals surface area contributed by atoms with E-state index < -0.39 is 10.0 Å². The molecule has 0 saturated carbocycles. The highest BCUT2D eigenvalue weighted by atomic mass is 32.2. The van der Waals surface area contributed by atoms with Crippen molar-refractivity contribution in [2.75, 3.05) is 13.6 Å². The van der Waals surface area contributed by atoms with E-state index in [0.717, 1.165) is 18.5 Å². The minimum atomic E-state index is -3.41. The molecule has 0 aliphatic rings. The Labute approximate surface area is 123 Å². The summed E-state index contributed by atoms with van der Waals surface area (Å²) in [7, 11) is -1.79. The summed E-state index contributed by atoms with van der Waals surface area (Å²) in [6, 6.07) is 7.28. The summed E-state index contributed by atoms with van der Waals surface area (Å²) < 4.78 is 26.3. The van der Waals surface area contributed by atoms with E-state index in [0.29, 0.717) is 4.90 Å². The lowest BCUT2D eigenvalue weighted by Crippen LogP contribution is -2.33. The van der Waals surface area contributed by atoms with Crippen molar-refractivity contribution < 1.29 is 8.42 Å². The number of hydrogen-bond acceptors (Lipinski definition) is 3. The Morgan fingerprint density at radius 1 is 1.25 bits per heavy atom. The largest absolute Gasteiger partial charge is 0.310 e. The van der Waals surface area contributed by atoms with Crippen molar-refractivity contribution in [3.05, 3.63) is 29.8 Å². The lowest BCUT2D eigenvalue weighted by atomic mass is 10.1. The Bertz CT molecular complexity index is 526. The molecule has 1 aromatic carbocycles. The van der Waals surface area contributed by atoms with Crippen LogP contribution in [0.15, 0.2) is 29.2 Å². The van der Waals surface area contributed by atoms with Gasteiger partial charge in [0.2, 0.25) is 10.0 Å². The molecule has 1 unspecified atom stereocenters. The van der Waals surface area contributed by atoms with E-state index in [1.807, 2.05) is 26.8 Å². The normalized spacial score (nSPS) is 13.9. The number of nitrogens with zero attached hydrogens (tertiary/aromatic N) is 1. The Morgan fingerprint density at radius 3 is 2.45 bits per heavy atom. The van der Waals surface area contributed by atoms with Gasteiger partial charge in [-0.15, -0.1) is 0 Å². The standard InChI is InChI=1S/C15H26N2O2S/c1-6-10-16-13(4)14-8-7-9-15(11-14)20(18,19)17(5)12(2)3/h7-9,11-13,16H,6,10H2,1-5H3. The van der Waals surface area contributed by atoms with Crippen LogP contribution in [0.4, 0.5) is 0 Å². The van der Waals surface area contributed by atoms with Gasteiger partial charge < -0.3 is 5.32 Å². The average Bonchev–Trinajstić information content (AvgIpc) is 2.43. The Kier molecular flexibility index (Phi) is 6.17. The first-order chi connectivity index (χ1) is 9.30. The van der Waals surface area contributed by atoms with Gasteiger partial charge in [0.15, 0.2) is 0 Å². The molecule has 0 spiro atoms. The fraction of sp³-hybridized carbons (Fsp3) is 0.600. The monoisotopic (exact) mass is 298 g/mol. The van der Waals surface area contributed by atoms with Crippen LogP contribution < -0.4 is 5.32 Å². The molecule has 1 atom stereocenters. The van der Waals surface area contributed by atoms with Gasteiger partial charge in [0.1, 0.15) is 0 Å². The summed E-state index contributed by atoms with van der Waals surface area (Å²) in [5.74, 6) is 0. The van der Waals surface area contributed by atoms with Gasteiger partial charge in [-0.2, -0.15) is 4.31 Å². The molecule has 0 fully saturated rings. The highest BCUT2D eigenvalue weighted by molar-refractivity contribution is 7.89. The van der Waals surface area contributed by atoms with Crippen molar-refractivity contribution in [2.24, 2.45) is 0 Å². The van der Waals surface area contributed by atoms with E-state index in [1.54, 1.807) is 25.2 Å². The zero-order chi connectivity index (χ0) is 15.3. The Balaban J connectivity index is 3.04. The van der Waals surface area contributed by atoms with Gasteiger partial charge in [-0.25, -0.2) is 8.42 Å². The highest BCUT2D eigenvalue weighted by Crippen LogP contribution is 2.21. The van der Waals surface area contributed by atoms with Crippen LogP contribution in [-0.2, 0) is 10.0 Å². The summed E-state index contributed by atoms with van der Waals surface area (Å²) in [6.07, 6.45) is 1.05. The van der Waals surface area contributed by atoms with Crippen LogP contribution >= 0.6 is 0 Å². The second kappa shape index (κ2) is 7.20. The van der Waals surface area contributed by atoms with Gasteiger partial charge >= 0.3 is 0 Å². The lowest BCUT2D eigenvalue weighted by molar-refractivity contribution is 0.410. The topological polar surface area (TPSA) is 49.4 Å². The van der Waals surface area contributed by atoms with Crippen LogP contribution in [0.1, 0.15) is 45.7 Å². The first-order valence-electron chi connectivity index (χ1n) is 7.12. The van der Waals surface area contributed by atoms with Crippen LogP contribution in [0, 0.1) is 0 Å². The predicted octanol–water partition coefficient (Wildman–Crippen LogP) is 2.78. The van der Waals surface area contributed by atoms with E-state index in [4.69, 9.17) is 0 Å². The molecular formula is C15H26N2O2S. The number of sulfonamides is 1. The third-order valence-corrected chi connectivity index (χ3v) is 5.49. The van der Waals surface area contributed by atoms with E-state index in [9.17, 15) is 8.42 Å². The number of nitrogens with one attached hydrogen (secondary N) is 1. The minimum Gasteiger partial charge on any atom is -0.310 e. The average molecular weight is 298 g/mol. The Morgan fingerprint density at radius 2 is 1.90 bits per heavy atom. The molecule has 1 rings (SSSR count). The van der Waals surface area contributed by atoms with Crippen LogP contribution in [0.2, 0.25) is 0 Å². The first-order valence-corrected chi connectivity index (χ1v) is 8.56. The van der Waals surface area contributed by atoms with Gasteiger partial charge in [-0.1, -0.05) is 19.1 Å². The van der Waals surface area contributed by atoms with Crippen LogP contribution in [0.5, 0.6) is 0 Å². The SMILES string of the molecule is CCCNC(C)c1cccc(S(=O)(=O)N(C)C(C)C)c1. The van der Waals surface area contributed by atoms with Crippen molar-refractivity contribution in [3.8, 4) is 0 Å². The molecule has 0 amide bonds. The van der Waals surface area contributed by atoms with Gasteiger partial charge in [0.05, 0.1) is 4.90 Å². The number of benzene rings is 1. The summed E-state index contributed by atoms with van der Waals surface area (Å²) in [5.41, 5.74) is 0.997. The molecule has 0 aromatic heterocycles. The highest BCUT2D eigenvalue weighted by Gasteiger charge is 2.23. The fourth-order valence-electron chi connectivity index (χ4n) is 1.87. The zero-order valence-corrected chi connectivity index (χ0v) is 13.9.